The van der Waals surface area contributed by atoms with E-state index < -0.39 is 6.09 Å². The third kappa shape index (κ3) is 3.03. The van der Waals surface area contributed by atoms with Crippen molar-refractivity contribution in [2.45, 2.75) is 6.42 Å². The highest BCUT2D eigenvalue weighted by molar-refractivity contribution is 5.66. The van der Waals surface area contributed by atoms with E-state index in [9.17, 15) is 4.79 Å². The van der Waals surface area contributed by atoms with Crippen LogP contribution in [0.25, 0.3) is 0 Å². The highest BCUT2D eigenvalue weighted by atomic mass is 16.6. The molecule has 1 aromatic rings. The average Bonchev–Trinajstić information content (AvgIpc) is 2.38. The summed E-state index contributed by atoms with van der Waals surface area (Å²) in [6.45, 7) is 1.71. The van der Waals surface area contributed by atoms with Crippen LogP contribution in [0.3, 0.4) is 0 Å². The zero-order chi connectivity index (χ0) is 12.1. The van der Waals surface area contributed by atoms with Crippen molar-refractivity contribution in [1.29, 1.82) is 0 Å². The molecule has 0 aliphatic carbocycles. The van der Waals surface area contributed by atoms with E-state index in [2.05, 4.69) is 10.1 Å². The minimum Gasteiger partial charge on any atom is -0.486 e. The summed E-state index contributed by atoms with van der Waals surface area (Å²) >= 11 is 0. The van der Waals surface area contributed by atoms with Crippen molar-refractivity contribution in [3.8, 4) is 11.5 Å². The molecule has 1 aliphatic heterocycles. The van der Waals surface area contributed by atoms with Gasteiger partial charge in [0.2, 0.25) is 0 Å². The fourth-order valence-electron chi connectivity index (χ4n) is 1.62. The van der Waals surface area contributed by atoms with Crippen LogP contribution in [0, 0.1) is 0 Å². The lowest BCUT2D eigenvalue weighted by molar-refractivity contribution is 0.170. The summed E-state index contributed by atoms with van der Waals surface area (Å²) < 4.78 is 15.4. The van der Waals surface area contributed by atoms with Crippen molar-refractivity contribution in [3.05, 3.63) is 23.8 Å². The van der Waals surface area contributed by atoms with Crippen molar-refractivity contribution in [2.24, 2.45) is 0 Å². The topological polar surface area (TPSA) is 56.8 Å². The highest BCUT2D eigenvalue weighted by Gasteiger charge is 2.11. The van der Waals surface area contributed by atoms with Gasteiger partial charge in [-0.25, -0.2) is 4.79 Å². The van der Waals surface area contributed by atoms with E-state index in [4.69, 9.17) is 9.47 Å². The minimum absolute atomic E-state index is 0.414. The summed E-state index contributed by atoms with van der Waals surface area (Å²) in [7, 11) is 1.35. The Bertz CT molecular complexity index is 405. The van der Waals surface area contributed by atoms with Gasteiger partial charge in [-0.05, 0) is 24.1 Å². The summed E-state index contributed by atoms with van der Waals surface area (Å²) in [6.07, 6.45) is 0.314. The molecule has 1 aromatic carbocycles. The summed E-state index contributed by atoms with van der Waals surface area (Å²) in [4.78, 5) is 10.9. The Kier molecular flexibility index (Phi) is 3.69. The van der Waals surface area contributed by atoms with Crippen LogP contribution in [0.15, 0.2) is 18.2 Å². The van der Waals surface area contributed by atoms with Gasteiger partial charge in [-0.3, -0.25) is 0 Å². The van der Waals surface area contributed by atoms with Gasteiger partial charge in [-0.15, -0.1) is 0 Å². The highest BCUT2D eigenvalue weighted by Crippen LogP contribution is 2.30. The first-order valence-electron chi connectivity index (χ1n) is 5.50. The smallest absolute Gasteiger partial charge is 0.406 e. The molecule has 0 atom stereocenters. The van der Waals surface area contributed by atoms with Crippen LogP contribution in [0.5, 0.6) is 11.5 Å². The number of amides is 1. The molecule has 0 radical (unpaired) electrons. The van der Waals surface area contributed by atoms with Gasteiger partial charge >= 0.3 is 6.09 Å². The summed E-state index contributed by atoms with van der Waals surface area (Å²) in [5, 5.41) is 2.63. The Morgan fingerprint density at radius 3 is 2.88 bits per heavy atom. The second-order valence-electron chi connectivity index (χ2n) is 3.65. The van der Waals surface area contributed by atoms with Crippen molar-refractivity contribution < 1.29 is 19.0 Å². The van der Waals surface area contributed by atoms with E-state index in [1.807, 2.05) is 18.2 Å². The van der Waals surface area contributed by atoms with Gasteiger partial charge in [0.25, 0.3) is 0 Å². The minimum atomic E-state index is -0.414. The molecule has 17 heavy (non-hydrogen) atoms. The van der Waals surface area contributed by atoms with Crippen LogP contribution in [0.4, 0.5) is 4.79 Å². The molecule has 0 spiro atoms. The number of carbonyl (C=O) groups is 1. The first kappa shape index (κ1) is 11.6. The van der Waals surface area contributed by atoms with Crippen LogP contribution in [0.2, 0.25) is 0 Å². The van der Waals surface area contributed by atoms with Crippen molar-refractivity contribution >= 4 is 6.09 Å². The monoisotopic (exact) mass is 237 g/mol. The Hall–Kier alpha value is -1.91. The number of fused-ring (bicyclic) bond motifs is 1. The zero-order valence-electron chi connectivity index (χ0n) is 9.69. The van der Waals surface area contributed by atoms with Crippen LogP contribution < -0.4 is 14.8 Å². The van der Waals surface area contributed by atoms with Crippen LogP contribution in [-0.2, 0) is 11.2 Å². The second kappa shape index (κ2) is 5.43. The van der Waals surface area contributed by atoms with Crippen LogP contribution in [0.1, 0.15) is 5.56 Å². The fourth-order valence-corrected chi connectivity index (χ4v) is 1.62. The van der Waals surface area contributed by atoms with Crippen molar-refractivity contribution in [2.75, 3.05) is 26.9 Å². The summed E-state index contributed by atoms with van der Waals surface area (Å²) in [6, 6.07) is 5.79. The number of hydrogen-bond acceptors (Lipinski definition) is 4. The Morgan fingerprint density at radius 2 is 2.12 bits per heavy atom. The van der Waals surface area contributed by atoms with Gasteiger partial charge in [0.05, 0.1) is 7.11 Å². The molecule has 0 fully saturated rings. The number of hydrogen-bond donors (Lipinski definition) is 1. The third-order valence-electron chi connectivity index (χ3n) is 2.47. The van der Waals surface area contributed by atoms with Crippen molar-refractivity contribution in [3.63, 3.8) is 0 Å². The Labute approximate surface area is 99.7 Å². The van der Waals surface area contributed by atoms with E-state index in [0.29, 0.717) is 19.8 Å². The lowest BCUT2D eigenvalue weighted by atomic mass is 10.1. The second-order valence-corrected chi connectivity index (χ2v) is 3.65. The molecule has 1 aliphatic rings. The molecule has 0 saturated carbocycles. The SMILES string of the molecule is COC(=O)NCCc1ccc2c(c1)OCCO2. The first-order chi connectivity index (χ1) is 8.29. The molecular formula is C12H15NO4. The van der Waals surface area contributed by atoms with E-state index in [0.717, 1.165) is 23.5 Å². The molecule has 5 heteroatoms. The van der Waals surface area contributed by atoms with E-state index in [1.165, 1.54) is 7.11 Å². The number of nitrogens with one attached hydrogen (secondary N) is 1. The molecule has 1 amide bonds. The average molecular weight is 237 g/mol. The van der Waals surface area contributed by atoms with Gasteiger partial charge in [0.15, 0.2) is 11.5 Å². The van der Waals surface area contributed by atoms with Gasteiger partial charge in [-0.2, -0.15) is 0 Å². The number of ether oxygens (including phenoxy) is 3. The lowest BCUT2D eigenvalue weighted by Crippen LogP contribution is -2.25. The molecule has 0 aromatic heterocycles. The molecule has 1 N–H and O–H groups in total. The largest absolute Gasteiger partial charge is 0.486 e. The summed E-state index contributed by atoms with van der Waals surface area (Å²) in [5.74, 6) is 1.55. The van der Waals surface area contributed by atoms with Crippen LogP contribution >= 0.6 is 0 Å². The predicted octanol–water partition coefficient (Wildman–Crippen LogP) is 1.36. The molecule has 92 valence electrons. The summed E-state index contributed by atoms with van der Waals surface area (Å²) in [5.41, 5.74) is 1.09. The number of rotatable bonds is 3. The molecule has 0 unspecified atom stereocenters. The van der Waals surface area contributed by atoms with E-state index in [1.54, 1.807) is 0 Å². The Balaban J connectivity index is 1.91. The normalized spacial score (nSPS) is 13.0. The number of methoxy groups -OCH3 is 1. The maximum atomic E-state index is 10.9. The molecule has 0 saturated heterocycles. The van der Waals surface area contributed by atoms with Gasteiger partial charge < -0.3 is 19.5 Å². The molecule has 2 rings (SSSR count). The number of alkyl carbamates (subject to hydrolysis) is 1. The van der Waals surface area contributed by atoms with Crippen LogP contribution in [-0.4, -0.2) is 33.0 Å². The van der Waals surface area contributed by atoms with Gasteiger partial charge in [0, 0.05) is 6.54 Å². The maximum Gasteiger partial charge on any atom is 0.406 e. The third-order valence-corrected chi connectivity index (χ3v) is 2.47. The fraction of sp³-hybridized carbons (Fsp3) is 0.417. The van der Waals surface area contributed by atoms with Crippen molar-refractivity contribution in [1.82, 2.24) is 5.32 Å². The van der Waals surface area contributed by atoms with Gasteiger partial charge in [-0.1, -0.05) is 6.07 Å². The number of carbonyl (C=O) groups excluding carboxylic acids is 1. The zero-order valence-corrected chi connectivity index (χ0v) is 9.69. The molecule has 1 heterocycles. The maximum absolute atomic E-state index is 10.9. The standard InChI is InChI=1S/C12H15NO4/c1-15-12(14)13-5-4-9-2-3-10-11(8-9)17-7-6-16-10/h2-3,8H,4-7H2,1H3,(H,13,14). The quantitative estimate of drug-likeness (QED) is 0.862. The van der Waals surface area contributed by atoms with E-state index in [-0.39, 0.29) is 0 Å². The number of benzene rings is 1. The van der Waals surface area contributed by atoms with Gasteiger partial charge in [0.1, 0.15) is 13.2 Å². The molecule has 0 bridgehead atoms. The molecule has 5 nitrogen and oxygen atoms in total. The van der Waals surface area contributed by atoms with E-state index >= 15 is 0 Å². The molecular weight excluding hydrogens is 222 g/mol. The lowest BCUT2D eigenvalue weighted by Gasteiger charge is -2.18. The Morgan fingerprint density at radius 1 is 1.35 bits per heavy atom. The first-order valence-corrected chi connectivity index (χ1v) is 5.50. The predicted molar refractivity (Wildman–Crippen MR) is 61.5 cm³/mol.